The van der Waals surface area contributed by atoms with Gasteiger partial charge in [0.15, 0.2) is 0 Å². The lowest BCUT2D eigenvalue weighted by atomic mass is 9.67. The van der Waals surface area contributed by atoms with Gasteiger partial charge < -0.3 is 0 Å². The standard InChI is InChI=1S/C37H29N/c1-3-11-25(12-4-1)35-29-14-5-6-15-30(29)36(32-24-38-22-19-31(32)35)26-17-18-28-27-13-7-8-16-33(27)37(34(28)23-26)20-9-2-10-21-37/h1,3-8,11-19,22-24H,2,9-10,20-21H2. The number of benzene rings is 5. The third kappa shape index (κ3) is 3.02. The van der Waals surface area contributed by atoms with Gasteiger partial charge in [0.05, 0.1) is 0 Å². The molecule has 1 aromatic heterocycles. The summed E-state index contributed by atoms with van der Waals surface area (Å²) in [7, 11) is 0. The fourth-order valence-corrected chi connectivity index (χ4v) is 7.55. The van der Waals surface area contributed by atoms with Crippen molar-refractivity contribution in [3.05, 3.63) is 127 Å². The van der Waals surface area contributed by atoms with Crippen molar-refractivity contribution in [2.45, 2.75) is 37.5 Å². The van der Waals surface area contributed by atoms with E-state index in [0.717, 1.165) is 0 Å². The van der Waals surface area contributed by atoms with E-state index in [9.17, 15) is 0 Å². The van der Waals surface area contributed by atoms with E-state index in [-0.39, 0.29) is 5.41 Å². The first-order valence-corrected chi connectivity index (χ1v) is 13.9. The first-order valence-electron chi connectivity index (χ1n) is 13.9. The van der Waals surface area contributed by atoms with Gasteiger partial charge in [0, 0.05) is 23.2 Å². The van der Waals surface area contributed by atoms with E-state index >= 15 is 0 Å². The van der Waals surface area contributed by atoms with E-state index in [2.05, 4.69) is 114 Å². The molecule has 1 heteroatoms. The Kier molecular flexibility index (Phi) is 4.82. The maximum absolute atomic E-state index is 4.63. The Balaban J connectivity index is 1.44. The summed E-state index contributed by atoms with van der Waals surface area (Å²) < 4.78 is 0. The van der Waals surface area contributed by atoms with E-state index in [1.54, 1.807) is 5.56 Å². The predicted octanol–water partition coefficient (Wildman–Crippen LogP) is 9.95. The number of pyridine rings is 1. The number of nitrogens with zero attached hydrogens (tertiary/aromatic N) is 1. The van der Waals surface area contributed by atoms with Crippen molar-refractivity contribution >= 4 is 21.5 Å². The molecule has 0 amide bonds. The molecule has 38 heavy (non-hydrogen) atoms. The Morgan fingerprint density at radius 3 is 1.97 bits per heavy atom. The summed E-state index contributed by atoms with van der Waals surface area (Å²) in [5.74, 6) is 0. The van der Waals surface area contributed by atoms with Gasteiger partial charge >= 0.3 is 0 Å². The van der Waals surface area contributed by atoms with Crippen molar-refractivity contribution in [2.75, 3.05) is 0 Å². The summed E-state index contributed by atoms with van der Waals surface area (Å²) >= 11 is 0. The molecule has 1 fully saturated rings. The second-order valence-electron chi connectivity index (χ2n) is 11.0. The minimum absolute atomic E-state index is 0.147. The van der Waals surface area contributed by atoms with Crippen LogP contribution in [0.2, 0.25) is 0 Å². The first-order chi connectivity index (χ1) is 18.9. The third-order valence-corrected chi connectivity index (χ3v) is 9.15. The van der Waals surface area contributed by atoms with Crippen LogP contribution < -0.4 is 0 Å². The van der Waals surface area contributed by atoms with Crippen molar-refractivity contribution in [2.24, 2.45) is 0 Å². The van der Waals surface area contributed by atoms with Crippen LogP contribution in [0.15, 0.2) is 116 Å². The highest BCUT2D eigenvalue weighted by Gasteiger charge is 2.43. The van der Waals surface area contributed by atoms with Crippen LogP contribution in [0.3, 0.4) is 0 Å². The lowest BCUT2D eigenvalue weighted by Crippen LogP contribution is -2.28. The van der Waals surface area contributed by atoms with Crippen molar-refractivity contribution in [1.82, 2.24) is 4.98 Å². The molecule has 0 aliphatic heterocycles. The second kappa shape index (κ2) is 8.39. The molecular weight excluding hydrogens is 458 g/mol. The summed E-state index contributed by atoms with van der Waals surface area (Å²) in [6.45, 7) is 0. The number of hydrogen-bond donors (Lipinski definition) is 0. The average molecular weight is 488 g/mol. The average Bonchev–Trinajstić information content (AvgIpc) is 3.25. The smallest absolute Gasteiger partial charge is 0.0353 e. The maximum Gasteiger partial charge on any atom is 0.0353 e. The highest BCUT2D eigenvalue weighted by molar-refractivity contribution is 6.21. The van der Waals surface area contributed by atoms with Gasteiger partial charge in [0.25, 0.3) is 0 Å². The van der Waals surface area contributed by atoms with Crippen LogP contribution >= 0.6 is 0 Å². The van der Waals surface area contributed by atoms with Crippen molar-refractivity contribution in [3.63, 3.8) is 0 Å². The molecule has 0 radical (unpaired) electrons. The molecule has 182 valence electrons. The molecule has 5 aromatic carbocycles. The fourth-order valence-electron chi connectivity index (χ4n) is 7.55. The topological polar surface area (TPSA) is 12.9 Å². The Bertz CT molecular complexity index is 1780. The zero-order valence-electron chi connectivity index (χ0n) is 21.5. The molecule has 0 N–H and O–H groups in total. The predicted molar refractivity (Wildman–Crippen MR) is 159 cm³/mol. The highest BCUT2D eigenvalue weighted by atomic mass is 14.6. The molecule has 1 spiro atoms. The van der Waals surface area contributed by atoms with Crippen molar-refractivity contribution in [1.29, 1.82) is 0 Å². The van der Waals surface area contributed by atoms with Gasteiger partial charge in [-0.15, -0.1) is 0 Å². The van der Waals surface area contributed by atoms with E-state index < -0.39 is 0 Å². The molecule has 1 nitrogen and oxygen atoms in total. The van der Waals surface area contributed by atoms with Crippen LogP contribution in [-0.2, 0) is 5.41 Å². The molecule has 0 saturated heterocycles. The lowest BCUT2D eigenvalue weighted by molar-refractivity contribution is 0.353. The second-order valence-corrected chi connectivity index (χ2v) is 11.0. The van der Waals surface area contributed by atoms with E-state index in [4.69, 9.17) is 0 Å². The van der Waals surface area contributed by atoms with Crippen LogP contribution in [0.4, 0.5) is 0 Å². The number of rotatable bonds is 2. The van der Waals surface area contributed by atoms with Crippen molar-refractivity contribution < 1.29 is 0 Å². The van der Waals surface area contributed by atoms with Gasteiger partial charge in [0.2, 0.25) is 0 Å². The van der Waals surface area contributed by atoms with Crippen LogP contribution in [0.25, 0.3) is 54.9 Å². The van der Waals surface area contributed by atoms with Crippen LogP contribution in [0, 0.1) is 0 Å². The Morgan fingerprint density at radius 1 is 0.500 bits per heavy atom. The summed E-state index contributed by atoms with van der Waals surface area (Å²) in [4.78, 5) is 4.63. The molecule has 0 unspecified atom stereocenters. The SMILES string of the molecule is c1ccc(-c2c3ccccc3c(-c3ccc4c(c3)C3(CCCCC3)c3ccccc3-4)c3cnccc23)cc1. The molecule has 0 atom stereocenters. The van der Waals surface area contributed by atoms with Gasteiger partial charge in [-0.1, -0.05) is 110 Å². The molecule has 6 aromatic rings. The van der Waals surface area contributed by atoms with Gasteiger partial charge in [-0.25, -0.2) is 0 Å². The van der Waals surface area contributed by atoms with Crippen LogP contribution in [-0.4, -0.2) is 4.98 Å². The van der Waals surface area contributed by atoms with Crippen LogP contribution in [0.1, 0.15) is 43.2 Å². The third-order valence-electron chi connectivity index (χ3n) is 9.15. The quantitative estimate of drug-likeness (QED) is 0.221. The van der Waals surface area contributed by atoms with E-state index in [1.165, 1.54) is 92.6 Å². The first kappa shape index (κ1) is 21.8. The monoisotopic (exact) mass is 487 g/mol. The molecule has 0 bridgehead atoms. The largest absolute Gasteiger partial charge is 0.264 e. The van der Waals surface area contributed by atoms with Gasteiger partial charge in [0.1, 0.15) is 0 Å². The minimum Gasteiger partial charge on any atom is -0.264 e. The molecule has 1 heterocycles. The highest BCUT2D eigenvalue weighted by Crippen LogP contribution is 2.56. The summed E-state index contributed by atoms with van der Waals surface area (Å²) in [5.41, 5.74) is 11.2. The Morgan fingerprint density at radius 2 is 1.16 bits per heavy atom. The van der Waals surface area contributed by atoms with Gasteiger partial charge in [-0.3, -0.25) is 4.98 Å². The number of hydrogen-bond acceptors (Lipinski definition) is 1. The summed E-state index contributed by atoms with van der Waals surface area (Å²) in [5, 5.41) is 5.07. The summed E-state index contributed by atoms with van der Waals surface area (Å²) in [6.07, 6.45) is 10.5. The molecule has 2 aliphatic carbocycles. The number of aromatic nitrogens is 1. The molecular formula is C37H29N. The zero-order valence-corrected chi connectivity index (χ0v) is 21.5. The van der Waals surface area contributed by atoms with Crippen molar-refractivity contribution in [3.8, 4) is 33.4 Å². The van der Waals surface area contributed by atoms with E-state index in [1.807, 2.05) is 6.20 Å². The van der Waals surface area contributed by atoms with E-state index in [0.29, 0.717) is 0 Å². The fraction of sp³-hybridized carbons (Fsp3) is 0.162. The summed E-state index contributed by atoms with van der Waals surface area (Å²) in [6, 6.07) is 38.4. The Hall–Kier alpha value is -4.23. The molecule has 2 aliphatic rings. The normalized spacial score (nSPS) is 15.6. The molecule has 8 rings (SSSR count). The maximum atomic E-state index is 4.63. The minimum atomic E-state index is 0.147. The number of fused-ring (bicyclic) bond motifs is 7. The zero-order chi connectivity index (χ0) is 25.1. The van der Waals surface area contributed by atoms with Gasteiger partial charge in [-0.2, -0.15) is 0 Å². The lowest BCUT2D eigenvalue weighted by Gasteiger charge is -2.36. The Labute approximate surface area is 223 Å². The molecule has 1 saturated carbocycles. The van der Waals surface area contributed by atoms with Crippen LogP contribution in [0.5, 0.6) is 0 Å². The van der Waals surface area contributed by atoms with Gasteiger partial charge in [-0.05, 0) is 85.6 Å².